The number of unbranched alkanes of at least 4 members (excludes halogenated alkanes) is 2. The average molecular weight is 457 g/mol. The maximum atomic E-state index is 13.5. The summed E-state index contributed by atoms with van der Waals surface area (Å²) < 4.78 is 35.9. The fraction of sp³-hybridized carbons (Fsp3) is 0.870. The Hall–Kier alpha value is -0.0826. The van der Waals surface area contributed by atoms with E-state index in [2.05, 4.69) is 34.3 Å². The summed E-state index contributed by atoms with van der Waals surface area (Å²) >= 11 is 0. The van der Waals surface area contributed by atoms with Crippen LogP contribution in [0.4, 0.5) is 0 Å². The van der Waals surface area contributed by atoms with Gasteiger partial charge < -0.3 is 6.16 Å². The fourth-order valence-corrected chi connectivity index (χ4v) is 4.40. The molecule has 6 nitrogen and oxygen atoms in total. The van der Waals surface area contributed by atoms with Crippen molar-refractivity contribution in [3.8, 4) is 0 Å². The van der Waals surface area contributed by atoms with Gasteiger partial charge in [-0.05, 0) is 24.7 Å². The summed E-state index contributed by atoms with van der Waals surface area (Å²) in [5, 5.41) is 0. The van der Waals surface area contributed by atoms with Crippen molar-refractivity contribution in [2.45, 2.75) is 105 Å². The molecule has 0 rings (SSSR count). The van der Waals surface area contributed by atoms with E-state index in [1.165, 1.54) is 0 Å². The number of carbonyl (C=O) groups is 1. The van der Waals surface area contributed by atoms with E-state index >= 15 is 0 Å². The first-order chi connectivity index (χ1) is 14.4. The van der Waals surface area contributed by atoms with Gasteiger partial charge in [0.2, 0.25) is 6.29 Å². The van der Waals surface area contributed by atoms with Crippen LogP contribution >= 0.6 is 7.82 Å². The number of hydrogen-bond donors (Lipinski definition) is 0. The molecule has 0 aliphatic heterocycles. The minimum Gasteiger partial charge on any atom is -1.00 e. The maximum Gasteiger partial charge on any atom is 1.00 e. The van der Waals surface area contributed by atoms with Gasteiger partial charge >= 0.3 is 32.7 Å². The molecule has 0 amide bonds. The predicted molar refractivity (Wildman–Crippen MR) is 123 cm³/mol. The van der Waals surface area contributed by atoms with Gasteiger partial charge in [0.25, 0.3) is 0 Å². The van der Waals surface area contributed by atoms with Crippen molar-refractivity contribution in [3.63, 3.8) is 0 Å². The number of esters is 1. The second-order valence-electron chi connectivity index (χ2n) is 7.84. The molecule has 0 N–H and O–H groups in total. The zero-order valence-electron chi connectivity index (χ0n) is 21.9. The van der Waals surface area contributed by atoms with Crippen molar-refractivity contribution >= 4 is 13.8 Å². The smallest absolute Gasteiger partial charge is 1.00 e. The van der Waals surface area contributed by atoms with Gasteiger partial charge in [0.1, 0.15) is 0 Å². The van der Waals surface area contributed by atoms with Crippen molar-refractivity contribution in [2.24, 2.45) is 11.8 Å². The van der Waals surface area contributed by atoms with Gasteiger partial charge in [0, 0.05) is 12.5 Å². The van der Waals surface area contributed by atoms with E-state index in [9.17, 15) is 9.36 Å². The number of carbonyl (C=O) groups excluding carboxylic acids is 1. The molecule has 0 aromatic carbocycles. The second-order valence-corrected chi connectivity index (χ2v) is 9.46. The van der Waals surface area contributed by atoms with Gasteiger partial charge in [-0.3, -0.25) is 9.05 Å². The van der Waals surface area contributed by atoms with Crippen molar-refractivity contribution in [1.29, 1.82) is 0 Å². The Labute approximate surface area is 204 Å². The van der Waals surface area contributed by atoms with Gasteiger partial charge in [0.15, 0.2) is 0 Å². The number of phosphoric ester groups is 1. The van der Waals surface area contributed by atoms with Gasteiger partial charge in [-0.25, -0.2) is 13.9 Å². The van der Waals surface area contributed by atoms with Gasteiger partial charge in [-0.15, -0.1) is 0 Å². The molecule has 8 heteroatoms. The fourth-order valence-electron chi connectivity index (χ4n) is 2.98. The Bertz CT molecular complexity index is 485. The van der Waals surface area contributed by atoms with E-state index in [1.807, 2.05) is 6.92 Å². The molecule has 0 aromatic rings. The monoisotopic (exact) mass is 456 g/mol. The standard InChI is InChI=1S/C23H45O6P.Li.H/c1-7-13-16-20(10-4)18-26-30(25,27-19-21(11-5)17-14-8-2)29-23(15-9-3)28-22(24)12-6;;/h12,20-21,23H,6-11,13-19H2,1-5H3;;/q;+1;-1. The van der Waals surface area contributed by atoms with Gasteiger partial charge in [-0.2, -0.15) is 0 Å². The molecule has 0 aromatic heterocycles. The van der Waals surface area contributed by atoms with Crippen molar-refractivity contribution in [3.05, 3.63) is 12.7 Å². The third-order valence-electron chi connectivity index (χ3n) is 5.21. The van der Waals surface area contributed by atoms with Crippen molar-refractivity contribution in [1.82, 2.24) is 0 Å². The summed E-state index contributed by atoms with van der Waals surface area (Å²) in [4.78, 5) is 11.7. The maximum absolute atomic E-state index is 13.5. The molecule has 0 bridgehead atoms. The molecule has 0 saturated carbocycles. The molecule has 0 aliphatic rings. The first-order valence-electron chi connectivity index (χ1n) is 11.8. The minimum atomic E-state index is -3.88. The summed E-state index contributed by atoms with van der Waals surface area (Å²) in [6.07, 6.45) is 9.43. The Morgan fingerprint density at radius 1 is 0.903 bits per heavy atom. The van der Waals surface area contributed by atoms with E-state index in [-0.39, 0.29) is 32.1 Å². The molecule has 180 valence electrons. The molecule has 0 heterocycles. The summed E-state index contributed by atoms with van der Waals surface area (Å²) in [6, 6.07) is 0. The largest absolute Gasteiger partial charge is 1.00 e. The zero-order valence-corrected chi connectivity index (χ0v) is 21.8. The summed E-state index contributed by atoms with van der Waals surface area (Å²) in [7, 11) is -3.88. The molecule has 31 heavy (non-hydrogen) atoms. The van der Waals surface area contributed by atoms with Crippen LogP contribution in [0.1, 0.15) is 100 Å². The Balaban J connectivity index is -0.00000420. The van der Waals surface area contributed by atoms with Gasteiger partial charge in [-0.1, -0.05) is 86.1 Å². The topological polar surface area (TPSA) is 71.1 Å². The van der Waals surface area contributed by atoms with E-state index in [4.69, 9.17) is 18.3 Å². The summed E-state index contributed by atoms with van der Waals surface area (Å²) in [6.45, 7) is 14.4. The third kappa shape index (κ3) is 16.2. The van der Waals surface area contributed by atoms with Gasteiger partial charge in [0.05, 0.1) is 13.2 Å². The van der Waals surface area contributed by atoms with Crippen LogP contribution < -0.4 is 18.9 Å². The number of phosphoric acid groups is 1. The van der Waals surface area contributed by atoms with E-state index in [0.717, 1.165) is 57.4 Å². The second kappa shape index (κ2) is 20.5. The Kier molecular flexibility index (Phi) is 21.9. The van der Waals surface area contributed by atoms with Crippen LogP contribution in [0.5, 0.6) is 0 Å². The van der Waals surface area contributed by atoms with Crippen LogP contribution in [0.2, 0.25) is 0 Å². The minimum absolute atomic E-state index is 0. The van der Waals surface area contributed by atoms with Crippen LogP contribution in [0.3, 0.4) is 0 Å². The van der Waals surface area contributed by atoms with E-state index in [0.29, 0.717) is 26.1 Å². The third-order valence-corrected chi connectivity index (χ3v) is 6.63. The molecule has 3 unspecified atom stereocenters. The normalized spacial score (nSPS) is 15.9. The molecular formula is C23H46LiO6P. The SMILES string of the molecule is C=CC(=O)OC(CCC)OP(=O)(OCC(CC)CCCC)OCC(CC)CCCC.[H-].[Li+]. The summed E-state index contributed by atoms with van der Waals surface area (Å²) in [5.74, 6) is -0.0514. The van der Waals surface area contributed by atoms with Crippen LogP contribution in [0.25, 0.3) is 0 Å². The Morgan fingerprint density at radius 3 is 1.74 bits per heavy atom. The van der Waals surface area contributed by atoms with Crippen LogP contribution in [-0.4, -0.2) is 25.5 Å². The molecule has 0 fully saturated rings. The Morgan fingerprint density at radius 2 is 1.39 bits per heavy atom. The number of ether oxygens (including phenoxy) is 1. The van der Waals surface area contributed by atoms with Crippen molar-refractivity contribution < 1.29 is 48.0 Å². The molecule has 0 saturated heterocycles. The number of rotatable bonds is 20. The predicted octanol–water partition coefficient (Wildman–Crippen LogP) is 4.55. The summed E-state index contributed by atoms with van der Waals surface area (Å²) in [5.41, 5.74) is 0. The molecule has 0 radical (unpaired) electrons. The molecule has 3 atom stereocenters. The molecule has 0 aliphatic carbocycles. The number of hydrogen-bond acceptors (Lipinski definition) is 6. The first-order valence-corrected chi connectivity index (χ1v) is 13.2. The molecule has 0 spiro atoms. The van der Waals surface area contributed by atoms with E-state index in [1.54, 1.807) is 0 Å². The van der Waals surface area contributed by atoms with E-state index < -0.39 is 20.1 Å². The van der Waals surface area contributed by atoms with Crippen LogP contribution in [-0.2, 0) is 27.7 Å². The average Bonchev–Trinajstić information content (AvgIpc) is 2.74. The zero-order chi connectivity index (χ0) is 22.8. The van der Waals surface area contributed by atoms with Crippen molar-refractivity contribution in [2.75, 3.05) is 13.2 Å². The quantitative estimate of drug-likeness (QED) is 0.0880. The molecular weight excluding hydrogens is 410 g/mol. The van der Waals surface area contributed by atoms with Crippen LogP contribution in [0, 0.1) is 11.8 Å². The van der Waals surface area contributed by atoms with Crippen LogP contribution in [0.15, 0.2) is 12.7 Å². The first kappa shape index (κ1) is 33.1.